The Labute approximate surface area is 146 Å². The lowest BCUT2D eigenvalue weighted by molar-refractivity contribution is -0.127. The number of amides is 1. The summed E-state index contributed by atoms with van der Waals surface area (Å²) < 4.78 is 10.9. The molecule has 0 aromatic heterocycles. The Morgan fingerprint density at radius 1 is 1.04 bits per heavy atom. The lowest BCUT2D eigenvalue weighted by atomic mass is 9.80. The Morgan fingerprint density at radius 3 is 2.29 bits per heavy atom. The highest BCUT2D eigenvalue weighted by Crippen LogP contribution is 2.27. The third kappa shape index (κ3) is 8.25. The molecular weight excluding hydrogens is 306 g/mol. The molecule has 0 saturated heterocycles. The van der Waals surface area contributed by atoms with Gasteiger partial charge in [0.25, 0.3) is 0 Å². The number of nitrogens with one attached hydrogen (secondary N) is 1. The van der Waals surface area contributed by atoms with Crippen molar-refractivity contribution in [2.45, 2.75) is 78.4 Å². The van der Waals surface area contributed by atoms with Gasteiger partial charge in [-0.3, -0.25) is 9.59 Å². The van der Waals surface area contributed by atoms with Gasteiger partial charge in [-0.15, -0.1) is 0 Å². The van der Waals surface area contributed by atoms with Crippen LogP contribution in [-0.2, 0) is 19.1 Å². The topological polar surface area (TPSA) is 64.6 Å². The number of ketones is 1. The molecule has 24 heavy (non-hydrogen) atoms. The van der Waals surface area contributed by atoms with Crippen molar-refractivity contribution < 1.29 is 19.1 Å². The van der Waals surface area contributed by atoms with E-state index in [4.69, 9.17) is 9.47 Å². The van der Waals surface area contributed by atoms with E-state index in [0.29, 0.717) is 32.0 Å². The van der Waals surface area contributed by atoms with Gasteiger partial charge in [0.2, 0.25) is 5.91 Å². The fourth-order valence-electron chi connectivity index (χ4n) is 2.99. The van der Waals surface area contributed by atoms with Crippen LogP contribution >= 0.6 is 0 Å². The van der Waals surface area contributed by atoms with Crippen LogP contribution in [0.2, 0.25) is 0 Å². The summed E-state index contributed by atoms with van der Waals surface area (Å²) in [7, 11) is 0. The maximum atomic E-state index is 12.0. The van der Waals surface area contributed by atoms with Crippen LogP contribution in [0.5, 0.6) is 0 Å². The predicted molar refractivity (Wildman–Crippen MR) is 94.9 cm³/mol. The van der Waals surface area contributed by atoms with Crippen LogP contribution in [0.15, 0.2) is 0 Å². The third-order valence-corrected chi connectivity index (χ3v) is 4.74. The van der Waals surface area contributed by atoms with Crippen molar-refractivity contribution in [1.29, 1.82) is 0 Å². The van der Waals surface area contributed by atoms with Crippen molar-refractivity contribution in [3.8, 4) is 0 Å². The zero-order valence-corrected chi connectivity index (χ0v) is 15.8. The second kappa shape index (κ2) is 11.6. The van der Waals surface area contributed by atoms with E-state index in [1.807, 2.05) is 20.8 Å². The van der Waals surface area contributed by atoms with Gasteiger partial charge in [-0.2, -0.15) is 0 Å². The molecule has 0 aromatic rings. The molecule has 1 atom stereocenters. The number of carbonyl (C=O) groups is 2. The van der Waals surface area contributed by atoms with Crippen LogP contribution < -0.4 is 5.32 Å². The maximum Gasteiger partial charge on any atom is 0.222 e. The van der Waals surface area contributed by atoms with E-state index in [9.17, 15) is 9.59 Å². The van der Waals surface area contributed by atoms with Gasteiger partial charge in [0.1, 0.15) is 5.78 Å². The first-order valence-corrected chi connectivity index (χ1v) is 9.46. The van der Waals surface area contributed by atoms with Gasteiger partial charge in [0.15, 0.2) is 0 Å². The molecule has 5 heteroatoms. The first-order chi connectivity index (χ1) is 11.4. The molecular formula is C19H35NO4. The molecule has 1 aliphatic rings. The summed E-state index contributed by atoms with van der Waals surface area (Å²) in [5, 5.41) is 3.06. The zero-order chi connectivity index (χ0) is 17.9. The van der Waals surface area contributed by atoms with E-state index in [1.165, 1.54) is 0 Å². The van der Waals surface area contributed by atoms with E-state index in [2.05, 4.69) is 12.2 Å². The van der Waals surface area contributed by atoms with E-state index >= 15 is 0 Å². The largest absolute Gasteiger partial charge is 0.379 e. The molecule has 1 saturated carbocycles. The SMILES string of the molecule is CCC(C)OCCOCCC(=O)NC1CCC(C(=O)C(C)C)CC1. The second-order valence-corrected chi connectivity index (χ2v) is 7.13. The lowest BCUT2D eigenvalue weighted by Crippen LogP contribution is -2.39. The minimum absolute atomic E-state index is 0.0384. The van der Waals surface area contributed by atoms with Gasteiger partial charge >= 0.3 is 0 Å². The summed E-state index contributed by atoms with van der Waals surface area (Å²) in [5.41, 5.74) is 0. The van der Waals surface area contributed by atoms with Gasteiger partial charge in [0, 0.05) is 24.3 Å². The normalized spacial score (nSPS) is 22.4. The molecule has 0 spiro atoms. The van der Waals surface area contributed by atoms with E-state index in [1.54, 1.807) is 0 Å². The van der Waals surface area contributed by atoms with E-state index in [0.717, 1.165) is 32.1 Å². The Balaban J connectivity index is 2.07. The molecule has 5 nitrogen and oxygen atoms in total. The summed E-state index contributed by atoms with van der Waals surface area (Å²) in [5.74, 6) is 0.707. The fourth-order valence-corrected chi connectivity index (χ4v) is 2.99. The first-order valence-electron chi connectivity index (χ1n) is 9.46. The van der Waals surface area contributed by atoms with Crippen molar-refractivity contribution in [1.82, 2.24) is 5.32 Å². The molecule has 0 bridgehead atoms. The summed E-state index contributed by atoms with van der Waals surface area (Å²) in [6.07, 6.45) is 5.23. The number of ether oxygens (including phenoxy) is 2. The number of rotatable bonds is 11. The average Bonchev–Trinajstić information content (AvgIpc) is 2.57. The van der Waals surface area contributed by atoms with Crippen LogP contribution in [0.1, 0.15) is 66.2 Å². The molecule has 140 valence electrons. The predicted octanol–water partition coefficient (Wildman–Crippen LogP) is 3.11. The Bertz CT molecular complexity index is 376. The molecule has 0 radical (unpaired) electrons. The second-order valence-electron chi connectivity index (χ2n) is 7.13. The molecule has 1 aliphatic carbocycles. The van der Waals surface area contributed by atoms with Gasteiger partial charge in [-0.1, -0.05) is 20.8 Å². The van der Waals surface area contributed by atoms with Crippen LogP contribution in [0.25, 0.3) is 0 Å². The average molecular weight is 341 g/mol. The van der Waals surface area contributed by atoms with Crippen LogP contribution in [0.3, 0.4) is 0 Å². The molecule has 0 aromatic carbocycles. The zero-order valence-electron chi connectivity index (χ0n) is 15.8. The minimum atomic E-state index is 0.0384. The highest BCUT2D eigenvalue weighted by molar-refractivity contribution is 5.83. The molecule has 1 fully saturated rings. The molecule has 1 rings (SSSR count). The van der Waals surface area contributed by atoms with Gasteiger partial charge < -0.3 is 14.8 Å². The molecule has 1 amide bonds. The van der Waals surface area contributed by atoms with Crippen LogP contribution in [-0.4, -0.2) is 43.7 Å². The Hall–Kier alpha value is -0.940. The molecule has 0 heterocycles. The van der Waals surface area contributed by atoms with Crippen molar-refractivity contribution in [2.75, 3.05) is 19.8 Å². The quantitative estimate of drug-likeness (QED) is 0.587. The third-order valence-electron chi connectivity index (χ3n) is 4.74. The Morgan fingerprint density at radius 2 is 1.71 bits per heavy atom. The summed E-state index contributed by atoms with van der Waals surface area (Å²) >= 11 is 0. The van der Waals surface area contributed by atoms with Crippen molar-refractivity contribution in [3.05, 3.63) is 0 Å². The maximum absolute atomic E-state index is 12.0. The Kier molecular flexibility index (Phi) is 10.2. The summed E-state index contributed by atoms with van der Waals surface area (Å²) in [6.45, 7) is 9.58. The van der Waals surface area contributed by atoms with Crippen molar-refractivity contribution in [2.24, 2.45) is 11.8 Å². The summed E-state index contributed by atoms with van der Waals surface area (Å²) in [6, 6.07) is 0.211. The number of carbonyl (C=O) groups excluding carboxylic acids is 2. The molecule has 1 unspecified atom stereocenters. The minimum Gasteiger partial charge on any atom is -0.379 e. The fraction of sp³-hybridized carbons (Fsp3) is 0.895. The lowest BCUT2D eigenvalue weighted by Gasteiger charge is -2.29. The van der Waals surface area contributed by atoms with E-state index < -0.39 is 0 Å². The number of hydrogen-bond donors (Lipinski definition) is 1. The molecule has 0 aliphatic heterocycles. The highest BCUT2D eigenvalue weighted by atomic mass is 16.5. The highest BCUT2D eigenvalue weighted by Gasteiger charge is 2.28. The van der Waals surface area contributed by atoms with Crippen LogP contribution in [0, 0.1) is 11.8 Å². The van der Waals surface area contributed by atoms with Gasteiger partial charge in [-0.05, 0) is 39.0 Å². The monoisotopic (exact) mass is 341 g/mol. The smallest absolute Gasteiger partial charge is 0.222 e. The van der Waals surface area contributed by atoms with Gasteiger partial charge in [-0.25, -0.2) is 0 Å². The van der Waals surface area contributed by atoms with E-state index in [-0.39, 0.29) is 29.9 Å². The number of hydrogen-bond acceptors (Lipinski definition) is 4. The number of Topliss-reactive ketones (excluding diaryl/α,β-unsaturated/α-hetero) is 1. The molecule has 1 N–H and O–H groups in total. The van der Waals surface area contributed by atoms with Crippen molar-refractivity contribution >= 4 is 11.7 Å². The van der Waals surface area contributed by atoms with Gasteiger partial charge in [0.05, 0.1) is 25.9 Å². The van der Waals surface area contributed by atoms with Crippen molar-refractivity contribution in [3.63, 3.8) is 0 Å². The first kappa shape index (κ1) is 21.1. The summed E-state index contributed by atoms with van der Waals surface area (Å²) in [4.78, 5) is 23.9. The standard InChI is InChI=1S/C19H35NO4/c1-5-15(4)24-13-12-23-11-10-18(21)20-17-8-6-16(7-9-17)19(22)14(2)3/h14-17H,5-13H2,1-4H3,(H,20,21). The van der Waals surface area contributed by atoms with Crippen LogP contribution in [0.4, 0.5) is 0 Å².